The lowest BCUT2D eigenvalue weighted by molar-refractivity contribution is -0.115. The fourth-order valence-corrected chi connectivity index (χ4v) is 4.28. The molecule has 0 spiro atoms. The van der Waals surface area contributed by atoms with E-state index < -0.39 is 35.2 Å². The van der Waals surface area contributed by atoms with E-state index in [9.17, 15) is 18.8 Å². The molecule has 4 N–H and O–H groups in total. The Bertz CT molecular complexity index is 1640. The van der Waals surface area contributed by atoms with Gasteiger partial charge in [-0.1, -0.05) is 12.2 Å². The monoisotopic (exact) mass is 535 g/mol. The van der Waals surface area contributed by atoms with E-state index in [0.29, 0.717) is 28.5 Å². The molecule has 0 fully saturated rings. The van der Waals surface area contributed by atoms with Crippen LogP contribution in [0.3, 0.4) is 0 Å². The van der Waals surface area contributed by atoms with Crippen LogP contribution >= 0.6 is 0 Å². The quantitative estimate of drug-likeness (QED) is 0.290. The van der Waals surface area contributed by atoms with Gasteiger partial charge in [-0.25, -0.2) is 23.5 Å². The predicted octanol–water partition coefficient (Wildman–Crippen LogP) is 4.18. The number of H-pyrrole nitrogens is 1. The van der Waals surface area contributed by atoms with Crippen molar-refractivity contribution in [2.45, 2.75) is 18.9 Å². The number of rotatable bonds is 3. The molecule has 5 rings (SSSR count). The Morgan fingerprint density at radius 3 is 2.79 bits per heavy atom. The lowest BCUT2D eigenvalue weighted by Crippen LogP contribution is -2.30. The number of aromatic amines is 1. The number of nitrogens with zero attached hydrogens (tertiary/aromatic N) is 3. The van der Waals surface area contributed by atoms with Crippen LogP contribution in [0.5, 0.6) is 0 Å². The summed E-state index contributed by atoms with van der Waals surface area (Å²) in [6.07, 6.45) is 5.66. The highest BCUT2D eigenvalue weighted by atomic mass is 19.1. The lowest BCUT2D eigenvalue weighted by Gasteiger charge is -2.17. The number of benzene rings is 2. The number of fused-ring (bicyclic) bond motifs is 5. The highest BCUT2D eigenvalue weighted by Gasteiger charge is 2.26. The maximum atomic E-state index is 15.1. The lowest BCUT2D eigenvalue weighted by atomic mass is 10.1. The number of carbonyl (C=O) groups excluding carboxylic acids is 3. The number of aryl methyl sites for hydroxylation is 1. The number of methoxy groups -OCH3 is 1. The molecule has 200 valence electrons. The molecule has 0 radical (unpaired) electrons. The second kappa shape index (κ2) is 10.4. The van der Waals surface area contributed by atoms with Crippen LogP contribution in [-0.4, -0.2) is 44.5 Å². The molecule has 11 nitrogen and oxygen atoms in total. The van der Waals surface area contributed by atoms with E-state index in [1.807, 2.05) is 0 Å². The van der Waals surface area contributed by atoms with Crippen LogP contribution < -0.4 is 16.0 Å². The maximum absolute atomic E-state index is 15.1. The molecule has 1 aliphatic rings. The van der Waals surface area contributed by atoms with Crippen molar-refractivity contribution in [3.63, 3.8) is 0 Å². The van der Waals surface area contributed by atoms with E-state index in [2.05, 4.69) is 35.6 Å². The van der Waals surface area contributed by atoms with Gasteiger partial charge in [0.25, 0.3) is 5.91 Å². The number of amides is 3. The van der Waals surface area contributed by atoms with Crippen LogP contribution in [0.2, 0.25) is 0 Å². The molecule has 2 bridgehead atoms. The Morgan fingerprint density at radius 2 is 2.00 bits per heavy atom. The SMILES string of the molecule is COC(=O)Nc1ccc2c(c1)NC(=O)C/C=C/CC(NC(=O)c1c(F)cc3c(ncn3C)c1F)c1ncc-2[nH]1. The average Bonchev–Trinajstić information content (AvgIpc) is 3.53. The van der Waals surface area contributed by atoms with Gasteiger partial charge < -0.3 is 24.9 Å². The molecule has 4 aromatic rings. The number of anilines is 2. The third-order valence-electron chi connectivity index (χ3n) is 6.23. The molecule has 3 heterocycles. The molecule has 2 aromatic heterocycles. The third-order valence-corrected chi connectivity index (χ3v) is 6.23. The molecule has 1 aliphatic heterocycles. The molecule has 0 saturated carbocycles. The topological polar surface area (TPSA) is 143 Å². The fraction of sp³-hybridized carbons (Fsp3) is 0.192. The maximum Gasteiger partial charge on any atom is 0.411 e. The minimum absolute atomic E-state index is 0.0211. The van der Waals surface area contributed by atoms with Gasteiger partial charge in [-0.05, 0) is 24.6 Å². The number of halogens is 2. The first-order valence-corrected chi connectivity index (χ1v) is 11.8. The number of imidazole rings is 2. The number of aromatic nitrogens is 4. The van der Waals surface area contributed by atoms with E-state index in [0.717, 1.165) is 6.07 Å². The van der Waals surface area contributed by atoms with Gasteiger partial charge in [-0.2, -0.15) is 0 Å². The van der Waals surface area contributed by atoms with Gasteiger partial charge in [0.15, 0.2) is 5.82 Å². The van der Waals surface area contributed by atoms with Crippen molar-refractivity contribution in [2.75, 3.05) is 17.7 Å². The van der Waals surface area contributed by atoms with E-state index >= 15 is 4.39 Å². The molecular weight excluding hydrogens is 512 g/mol. The van der Waals surface area contributed by atoms with Gasteiger partial charge in [0, 0.05) is 30.8 Å². The molecule has 0 saturated heterocycles. The minimum Gasteiger partial charge on any atom is -0.453 e. The van der Waals surface area contributed by atoms with Crippen molar-refractivity contribution in [3.05, 3.63) is 72.0 Å². The van der Waals surface area contributed by atoms with Crippen LogP contribution in [-0.2, 0) is 16.6 Å². The van der Waals surface area contributed by atoms with Gasteiger partial charge in [0.1, 0.15) is 22.7 Å². The molecule has 13 heteroatoms. The first-order chi connectivity index (χ1) is 18.7. The predicted molar refractivity (Wildman–Crippen MR) is 138 cm³/mol. The molecule has 39 heavy (non-hydrogen) atoms. The summed E-state index contributed by atoms with van der Waals surface area (Å²) in [5.74, 6) is -3.05. The average molecular weight is 536 g/mol. The van der Waals surface area contributed by atoms with Gasteiger partial charge in [0.2, 0.25) is 5.91 Å². The molecule has 3 amide bonds. The summed E-state index contributed by atoms with van der Waals surface area (Å²) in [7, 11) is 2.83. The summed E-state index contributed by atoms with van der Waals surface area (Å²) in [6.45, 7) is 0. The van der Waals surface area contributed by atoms with E-state index in [4.69, 9.17) is 0 Å². The van der Waals surface area contributed by atoms with Crippen molar-refractivity contribution >= 4 is 40.3 Å². The summed E-state index contributed by atoms with van der Waals surface area (Å²) in [5.41, 5.74) is 1.19. The van der Waals surface area contributed by atoms with Crippen LogP contribution in [0.25, 0.3) is 22.3 Å². The van der Waals surface area contributed by atoms with Crippen molar-refractivity contribution in [3.8, 4) is 11.3 Å². The van der Waals surface area contributed by atoms with Gasteiger partial charge in [-0.3, -0.25) is 14.9 Å². The van der Waals surface area contributed by atoms with Crippen molar-refractivity contribution in [1.82, 2.24) is 24.8 Å². The van der Waals surface area contributed by atoms with Crippen molar-refractivity contribution in [2.24, 2.45) is 7.05 Å². The van der Waals surface area contributed by atoms with Crippen LogP contribution in [0.4, 0.5) is 25.0 Å². The summed E-state index contributed by atoms with van der Waals surface area (Å²) in [5, 5.41) is 8.00. The highest BCUT2D eigenvalue weighted by Crippen LogP contribution is 2.32. The second-order valence-corrected chi connectivity index (χ2v) is 8.82. The zero-order valence-electron chi connectivity index (χ0n) is 20.8. The van der Waals surface area contributed by atoms with E-state index in [1.165, 1.54) is 24.2 Å². The van der Waals surface area contributed by atoms with E-state index in [-0.39, 0.29) is 29.8 Å². The Kier molecular flexibility index (Phi) is 6.79. The van der Waals surface area contributed by atoms with Crippen LogP contribution in [0.15, 0.2) is 48.9 Å². The Balaban J connectivity index is 1.49. The molecule has 0 aliphatic carbocycles. The van der Waals surface area contributed by atoms with Crippen LogP contribution in [0, 0.1) is 11.6 Å². The standard InChI is InChI=1S/C26H23F2N7O4/c1-35-12-30-23-19(35)10-15(27)21(22(23)28)25(37)34-16-5-3-4-6-20(36)32-17-9-13(31-26(38)39-2)7-8-14(17)18-11-29-24(16)33-18/h3-4,7-12,16H,5-6H2,1-2H3,(H,29,33)(H,31,38)(H,32,36)(H,34,37)/b4-3+. The third kappa shape index (κ3) is 5.06. The number of nitrogens with one attached hydrogen (secondary N) is 4. The molecular formula is C26H23F2N7O4. The first-order valence-electron chi connectivity index (χ1n) is 11.8. The van der Waals surface area contributed by atoms with Crippen molar-refractivity contribution in [1.29, 1.82) is 0 Å². The summed E-state index contributed by atoms with van der Waals surface area (Å²) in [6, 6.07) is 5.11. The molecule has 1 atom stereocenters. The fourth-order valence-electron chi connectivity index (χ4n) is 4.28. The second-order valence-electron chi connectivity index (χ2n) is 8.82. The van der Waals surface area contributed by atoms with Crippen molar-refractivity contribution < 1.29 is 27.9 Å². The Morgan fingerprint density at radius 1 is 1.18 bits per heavy atom. The molecule has 2 aromatic carbocycles. The number of carbonyl (C=O) groups is 3. The van der Waals surface area contributed by atoms with Gasteiger partial charge >= 0.3 is 6.09 Å². The largest absolute Gasteiger partial charge is 0.453 e. The minimum atomic E-state index is -1.06. The van der Waals surface area contributed by atoms with E-state index in [1.54, 1.807) is 37.4 Å². The van der Waals surface area contributed by atoms with Gasteiger partial charge in [0.05, 0.1) is 42.6 Å². The van der Waals surface area contributed by atoms with Crippen LogP contribution in [0.1, 0.15) is 35.1 Å². The van der Waals surface area contributed by atoms with Gasteiger partial charge in [-0.15, -0.1) is 0 Å². The Hall–Kier alpha value is -5.07. The zero-order valence-corrected chi connectivity index (χ0v) is 20.8. The number of hydrogen-bond acceptors (Lipinski definition) is 6. The Labute approximate surface area is 220 Å². The summed E-state index contributed by atoms with van der Waals surface area (Å²) >= 11 is 0. The number of hydrogen-bond donors (Lipinski definition) is 4. The molecule has 1 unspecified atom stereocenters. The summed E-state index contributed by atoms with van der Waals surface area (Å²) in [4.78, 5) is 48.7. The zero-order chi connectivity index (χ0) is 27.7. The normalized spacial score (nSPS) is 15.9. The first kappa shape index (κ1) is 25.6. The highest BCUT2D eigenvalue weighted by molar-refractivity contribution is 5.99. The number of ether oxygens (including phenoxy) is 1. The smallest absolute Gasteiger partial charge is 0.411 e. The summed E-state index contributed by atoms with van der Waals surface area (Å²) < 4.78 is 36.0.